The molecule has 32 heavy (non-hydrogen) atoms. The summed E-state index contributed by atoms with van der Waals surface area (Å²) in [7, 11) is 3.99. The average molecular weight is 453 g/mol. The molecule has 3 rings (SSSR count). The Bertz CT molecular complexity index is 1140. The van der Waals surface area contributed by atoms with E-state index in [1.807, 2.05) is 47.6 Å². The van der Waals surface area contributed by atoms with E-state index in [4.69, 9.17) is 22.6 Å². The molecule has 0 bridgehead atoms. The summed E-state index contributed by atoms with van der Waals surface area (Å²) in [5.41, 5.74) is 2.55. The number of benzene rings is 2. The molecule has 0 aliphatic heterocycles. The van der Waals surface area contributed by atoms with Crippen molar-refractivity contribution in [2.45, 2.75) is 46.1 Å². The topological polar surface area (TPSA) is 53.0 Å². The van der Waals surface area contributed by atoms with Gasteiger partial charge in [0.1, 0.15) is 5.82 Å². The highest BCUT2D eigenvalue weighted by Gasteiger charge is 2.21. The van der Waals surface area contributed by atoms with Crippen molar-refractivity contribution in [1.82, 2.24) is 24.1 Å². The smallest absolute Gasteiger partial charge is 0.203 e. The van der Waals surface area contributed by atoms with Gasteiger partial charge in [-0.05, 0) is 89.0 Å². The minimum Gasteiger partial charge on any atom is -0.300 e. The van der Waals surface area contributed by atoms with Crippen LogP contribution >= 0.6 is 12.2 Å². The summed E-state index contributed by atoms with van der Waals surface area (Å²) in [6.07, 6.45) is 0. The average Bonchev–Trinajstić information content (AvgIpc) is 3.09. The van der Waals surface area contributed by atoms with E-state index in [0.717, 1.165) is 17.1 Å². The van der Waals surface area contributed by atoms with Crippen LogP contribution in [0.3, 0.4) is 0 Å². The molecule has 0 aliphatic rings. The van der Waals surface area contributed by atoms with Gasteiger partial charge in [0.25, 0.3) is 0 Å². The van der Waals surface area contributed by atoms with Gasteiger partial charge in [-0.3, -0.25) is 14.4 Å². The molecule has 0 radical (unpaired) electrons. The molecule has 0 spiro atoms. The highest BCUT2D eigenvalue weighted by Crippen LogP contribution is 2.22. The lowest BCUT2D eigenvalue weighted by molar-refractivity contribution is 0.152. The summed E-state index contributed by atoms with van der Waals surface area (Å²) in [4.78, 5) is 4.34. The summed E-state index contributed by atoms with van der Waals surface area (Å²) < 4.78 is 17.8. The first-order valence-corrected chi connectivity index (χ1v) is 11.0. The molecule has 0 saturated heterocycles. The van der Waals surface area contributed by atoms with Gasteiger partial charge in [-0.2, -0.15) is 10.4 Å². The van der Waals surface area contributed by atoms with Crippen molar-refractivity contribution in [3.63, 3.8) is 0 Å². The minimum absolute atomic E-state index is 0.00836. The van der Waals surface area contributed by atoms with Gasteiger partial charge in [0.15, 0.2) is 5.82 Å². The number of nitriles is 1. The molecule has 1 heterocycles. The third-order valence-corrected chi connectivity index (χ3v) is 6.01. The summed E-state index contributed by atoms with van der Waals surface area (Å²) in [6, 6.07) is 16.3. The molecule has 2 aromatic carbocycles. The first-order valence-electron chi connectivity index (χ1n) is 10.6. The second kappa shape index (κ2) is 10.2. The Labute approximate surface area is 194 Å². The molecule has 3 aromatic rings. The Kier molecular flexibility index (Phi) is 7.56. The van der Waals surface area contributed by atoms with E-state index in [-0.39, 0.29) is 17.9 Å². The molecule has 8 heteroatoms. The maximum Gasteiger partial charge on any atom is 0.203 e. The zero-order valence-electron chi connectivity index (χ0n) is 19.2. The highest BCUT2D eigenvalue weighted by atomic mass is 32.1. The molecular formula is C24H29FN6S. The number of rotatable bonds is 8. The van der Waals surface area contributed by atoms with Crippen molar-refractivity contribution >= 4 is 12.2 Å². The van der Waals surface area contributed by atoms with E-state index in [0.29, 0.717) is 23.5 Å². The van der Waals surface area contributed by atoms with Gasteiger partial charge >= 0.3 is 0 Å². The Morgan fingerprint density at radius 2 is 1.69 bits per heavy atom. The fourth-order valence-corrected chi connectivity index (χ4v) is 3.64. The third kappa shape index (κ3) is 5.30. The molecule has 1 unspecified atom stereocenters. The van der Waals surface area contributed by atoms with E-state index in [9.17, 15) is 4.39 Å². The SMILES string of the molecule is CC(c1nn(CN(Cc2ccc(C#N)cc2)C(C)C)c(=S)n1-c1ccc(F)cc1)N(C)C. The van der Waals surface area contributed by atoms with Crippen molar-refractivity contribution in [3.05, 3.63) is 76.1 Å². The first-order chi connectivity index (χ1) is 15.2. The lowest BCUT2D eigenvalue weighted by atomic mass is 10.1. The standard InChI is InChI=1S/C24H29FN6S/c1-17(2)29(15-20-8-6-19(14-26)7-9-20)16-30-24(32)31(22-12-10-21(25)11-13-22)23(27-30)18(3)28(4)5/h6-13,17-18H,15-16H2,1-5H3. The summed E-state index contributed by atoms with van der Waals surface area (Å²) in [6.45, 7) is 7.55. The molecule has 0 aliphatic carbocycles. The van der Waals surface area contributed by atoms with Gasteiger partial charge in [0, 0.05) is 18.3 Å². The molecule has 1 aromatic heterocycles. The Balaban J connectivity index is 1.98. The first kappa shape index (κ1) is 23.8. The molecule has 0 fully saturated rings. The third-order valence-electron chi connectivity index (χ3n) is 5.61. The Morgan fingerprint density at radius 1 is 1.06 bits per heavy atom. The fourth-order valence-electron chi connectivity index (χ4n) is 3.34. The van der Waals surface area contributed by atoms with Gasteiger partial charge in [0.2, 0.25) is 4.77 Å². The van der Waals surface area contributed by atoms with E-state index >= 15 is 0 Å². The highest BCUT2D eigenvalue weighted by molar-refractivity contribution is 7.71. The van der Waals surface area contributed by atoms with Gasteiger partial charge < -0.3 is 0 Å². The van der Waals surface area contributed by atoms with Crippen molar-refractivity contribution in [2.24, 2.45) is 0 Å². The monoisotopic (exact) mass is 452 g/mol. The van der Waals surface area contributed by atoms with E-state index < -0.39 is 0 Å². The second-order valence-corrected chi connectivity index (χ2v) is 8.75. The van der Waals surface area contributed by atoms with Crippen LogP contribution in [0.1, 0.15) is 43.8 Å². The van der Waals surface area contributed by atoms with Crippen molar-refractivity contribution in [1.29, 1.82) is 5.26 Å². The summed E-state index contributed by atoms with van der Waals surface area (Å²) in [5, 5.41) is 13.9. The van der Waals surface area contributed by atoms with Crippen LogP contribution in [0.5, 0.6) is 0 Å². The van der Waals surface area contributed by atoms with Gasteiger partial charge in [-0.15, -0.1) is 0 Å². The predicted octanol–water partition coefficient (Wildman–Crippen LogP) is 4.90. The normalized spacial score (nSPS) is 12.5. The van der Waals surface area contributed by atoms with E-state index in [1.54, 1.807) is 12.1 Å². The van der Waals surface area contributed by atoms with Crippen LogP contribution in [-0.4, -0.2) is 44.3 Å². The predicted molar refractivity (Wildman–Crippen MR) is 126 cm³/mol. The van der Waals surface area contributed by atoms with Crippen LogP contribution in [0.2, 0.25) is 0 Å². The minimum atomic E-state index is -0.289. The molecule has 0 saturated carbocycles. The zero-order chi connectivity index (χ0) is 23.4. The van der Waals surface area contributed by atoms with Crippen LogP contribution in [0.4, 0.5) is 4.39 Å². The maximum atomic E-state index is 13.5. The summed E-state index contributed by atoms with van der Waals surface area (Å²) >= 11 is 5.82. The van der Waals surface area contributed by atoms with Crippen LogP contribution in [0.25, 0.3) is 5.69 Å². The van der Waals surface area contributed by atoms with Crippen molar-refractivity contribution in [3.8, 4) is 11.8 Å². The lowest BCUT2D eigenvalue weighted by Gasteiger charge is -2.26. The van der Waals surface area contributed by atoms with E-state index in [2.05, 4.69) is 36.6 Å². The van der Waals surface area contributed by atoms with Crippen LogP contribution in [-0.2, 0) is 13.2 Å². The number of hydrogen-bond donors (Lipinski definition) is 0. The largest absolute Gasteiger partial charge is 0.300 e. The van der Waals surface area contributed by atoms with Gasteiger partial charge in [-0.25, -0.2) is 9.07 Å². The van der Waals surface area contributed by atoms with E-state index in [1.165, 1.54) is 12.1 Å². The quantitative estimate of drug-likeness (QED) is 0.455. The Morgan fingerprint density at radius 3 is 2.22 bits per heavy atom. The van der Waals surface area contributed by atoms with Gasteiger partial charge in [-0.1, -0.05) is 12.1 Å². The fraction of sp³-hybridized carbons (Fsp3) is 0.375. The zero-order valence-corrected chi connectivity index (χ0v) is 20.0. The molecule has 6 nitrogen and oxygen atoms in total. The second-order valence-electron chi connectivity index (χ2n) is 8.38. The molecule has 168 valence electrons. The molecule has 0 N–H and O–H groups in total. The lowest BCUT2D eigenvalue weighted by Crippen LogP contribution is -2.33. The Hall–Kier alpha value is -2.86. The maximum absolute atomic E-state index is 13.5. The number of halogens is 1. The molecule has 1 atom stereocenters. The molecule has 0 amide bonds. The number of hydrogen-bond acceptors (Lipinski definition) is 5. The van der Waals surface area contributed by atoms with Crippen LogP contribution < -0.4 is 0 Å². The van der Waals surface area contributed by atoms with Crippen LogP contribution in [0, 0.1) is 21.9 Å². The number of aromatic nitrogens is 3. The van der Waals surface area contributed by atoms with Gasteiger partial charge in [0.05, 0.1) is 24.3 Å². The van der Waals surface area contributed by atoms with Crippen LogP contribution in [0.15, 0.2) is 48.5 Å². The molecular weight excluding hydrogens is 423 g/mol. The van der Waals surface area contributed by atoms with Crippen molar-refractivity contribution in [2.75, 3.05) is 14.1 Å². The van der Waals surface area contributed by atoms with Crippen molar-refractivity contribution < 1.29 is 4.39 Å². The number of nitrogens with zero attached hydrogens (tertiary/aromatic N) is 6. The summed E-state index contributed by atoms with van der Waals surface area (Å²) in [5.74, 6) is 0.511.